The molecule has 3 rings (SSSR count). The summed E-state index contributed by atoms with van der Waals surface area (Å²) in [4.78, 5) is 4.74. The molecule has 0 atom stereocenters. The molecule has 0 aliphatic heterocycles. The minimum Gasteiger partial charge on any atom is -0.233 e. The van der Waals surface area contributed by atoms with Gasteiger partial charge in [0.25, 0.3) is 0 Å². The molecule has 0 unspecified atom stereocenters. The lowest BCUT2D eigenvalue weighted by molar-refractivity contribution is 0.818. The third-order valence-electron chi connectivity index (χ3n) is 3.74. The summed E-state index contributed by atoms with van der Waals surface area (Å²) in [5.74, 6) is 1.10. The molecule has 0 aliphatic carbocycles. The molecule has 0 bridgehead atoms. The van der Waals surface area contributed by atoms with Crippen molar-refractivity contribution in [1.29, 1.82) is 0 Å². The van der Waals surface area contributed by atoms with Gasteiger partial charge in [0.2, 0.25) is 0 Å². The summed E-state index contributed by atoms with van der Waals surface area (Å²) in [6.07, 6.45) is 2.41. The van der Waals surface area contributed by atoms with E-state index in [4.69, 9.17) is 21.7 Å². The smallest absolute Gasteiger partial charge is 0.164 e. The van der Waals surface area contributed by atoms with Gasteiger partial charge in [-0.3, -0.25) is 0 Å². The maximum atomic E-state index is 6.01. The number of aryl methyl sites for hydroxylation is 2. The van der Waals surface area contributed by atoms with Gasteiger partial charge >= 0.3 is 0 Å². The number of hydrogen-bond donors (Lipinski definition) is 0. The Morgan fingerprint density at radius 3 is 2.61 bits per heavy atom. The molecule has 0 aliphatic rings. The van der Waals surface area contributed by atoms with Gasteiger partial charge in [-0.2, -0.15) is 5.10 Å². The number of benzene rings is 1. The molecule has 120 valence electrons. The Hall–Kier alpha value is -1.52. The highest BCUT2D eigenvalue weighted by Crippen LogP contribution is 2.31. The van der Waals surface area contributed by atoms with E-state index in [1.54, 1.807) is 0 Å². The Kier molecular flexibility index (Phi) is 4.93. The van der Waals surface area contributed by atoms with Crippen molar-refractivity contribution in [2.24, 2.45) is 0 Å². The van der Waals surface area contributed by atoms with Gasteiger partial charge in [0.1, 0.15) is 5.03 Å². The second-order valence-electron chi connectivity index (χ2n) is 5.64. The first-order chi connectivity index (χ1) is 11.1. The second-order valence-corrected chi connectivity index (χ2v) is 7.19. The van der Waals surface area contributed by atoms with E-state index < -0.39 is 0 Å². The third kappa shape index (κ3) is 3.38. The van der Waals surface area contributed by atoms with Gasteiger partial charge < -0.3 is 0 Å². The summed E-state index contributed by atoms with van der Waals surface area (Å²) in [5.41, 5.74) is 5.12. The number of nitrogens with zero attached hydrogens (tertiary/aromatic N) is 3. The molecule has 0 N–H and O–H groups in total. The minimum absolute atomic E-state index is 0.739. The third-order valence-corrected chi connectivity index (χ3v) is 5.07. The molecule has 2 heterocycles. The van der Waals surface area contributed by atoms with Crippen LogP contribution in [0.15, 0.2) is 35.4 Å². The van der Waals surface area contributed by atoms with Crippen LogP contribution in [-0.2, 0) is 0 Å². The van der Waals surface area contributed by atoms with Crippen LogP contribution in [0.3, 0.4) is 0 Å². The Morgan fingerprint density at radius 2 is 1.91 bits per heavy atom. The van der Waals surface area contributed by atoms with Crippen LogP contribution in [0.2, 0.25) is 5.02 Å². The molecule has 0 amide bonds. The van der Waals surface area contributed by atoms with Gasteiger partial charge in [0.15, 0.2) is 5.65 Å². The zero-order chi connectivity index (χ0) is 16.4. The van der Waals surface area contributed by atoms with E-state index >= 15 is 0 Å². The molecule has 3 nitrogen and oxygen atoms in total. The van der Waals surface area contributed by atoms with Crippen LogP contribution in [0.1, 0.15) is 31.2 Å². The normalized spacial score (nSPS) is 11.3. The van der Waals surface area contributed by atoms with Crippen molar-refractivity contribution in [2.45, 2.75) is 38.6 Å². The number of unbranched alkanes of at least 4 members (excludes halogenated alkanes) is 1. The van der Waals surface area contributed by atoms with Gasteiger partial charge in [-0.25, -0.2) is 9.50 Å². The zero-order valence-electron chi connectivity index (χ0n) is 13.6. The topological polar surface area (TPSA) is 30.2 Å². The number of halogens is 1. The largest absolute Gasteiger partial charge is 0.233 e. The SMILES string of the molecule is CCCCSc1cc(C)nc2c(-c3ccc(Cl)cc3)c(C)nn12. The van der Waals surface area contributed by atoms with Gasteiger partial charge in [-0.05, 0) is 49.8 Å². The minimum atomic E-state index is 0.739. The summed E-state index contributed by atoms with van der Waals surface area (Å²) < 4.78 is 1.98. The average molecular weight is 346 g/mol. The predicted octanol–water partition coefficient (Wildman–Crippen LogP) is 5.56. The Morgan fingerprint density at radius 1 is 1.17 bits per heavy atom. The molecule has 1 aromatic carbocycles. The van der Waals surface area contributed by atoms with E-state index in [9.17, 15) is 0 Å². The number of rotatable bonds is 5. The molecule has 0 fully saturated rings. The first kappa shape index (κ1) is 16.3. The molecule has 5 heteroatoms. The standard InChI is InChI=1S/C18H20ClN3S/c1-4-5-10-23-16-11-12(2)20-18-17(13(3)21-22(16)18)14-6-8-15(19)9-7-14/h6-9,11H,4-5,10H2,1-3H3. The quantitative estimate of drug-likeness (QED) is 0.344. The van der Waals surface area contributed by atoms with Crippen LogP contribution in [-0.4, -0.2) is 20.4 Å². The van der Waals surface area contributed by atoms with E-state index in [2.05, 4.69) is 13.0 Å². The van der Waals surface area contributed by atoms with Crippen molar-refractivity contribution in [3.8, 4) is 11.1 Å². The first-order valence-electron chi connectivity index (χ1n) is 7.86. The molecule has 0 saturated heterocycles. The predicted molar refractivity (Wildman–Crippen MR) is 98.5 cm³/mol. The summed E-state index contributed by atoms with van der Waals surface area (Å²) in [7, 11) is 0. The Bertz CT molecular complexity index is 824. The maximum absolute atomic E-state index is 6.01. The fourth-order valence-electron chi connectivity index (χ4n) is 2.59. The van der Waals surface area contributed by atoms with Gasteiger partial charge in [-0.1, -0.05) is 37.1 Å². The Balaban J connectivity index is 2.12. The van der Waals surface area contributed by atoms with Crippen LogP contribution in [0.25, 0.3) is 16.8 Å². The highest BCUT2D eigenvalue weighted by molar-refractivity contribution is 7.99. The van der Waals surface area contributed by atoms with Crippen molar-refractivity contribution in [3.05, 3.63) is 46.7 Å². The van der Waals surface area contributed by atoms with E-state index in [0.29, 0.717) is 0 Å². The number of thioether (sulfide) groups is 1. The van der Waals surface area contributed by atoms with Crippen LogP contribution >= 0.6 is 23.4 Å². The van der Waals surface area contributed by atoms with Crippen molar-refractivity contribution in [3.63, 3.8) is 0 Å². The monoisotopic (exact) mass is 345 g/mol. The lowest BCUT2D eigenvalue weighted by atomic mass is 10.1. The van der Waals surface area contributed by atoms with Crippen molar-refractivity contribution in [1.82, 2.24) is 14.6 Å². The maximum Gasteiger partial charge on any atom is 0.164 e. The molecule has 0 spiro atoms. The fraction of sp³-hybridized carbons (Fsp3) is 0.333. The molecule has 3 aromatic rings. The highest BCUT2D eigenvalue weighted by Gasteiger charge is 2.16. The first-order valence-corrected chi connectivity index (χ1v) is 9.22. The fourth-order valence-corrected chi connectivity index (χ4v) is 3.86. The van der Waals surface area contributed by atoms with Crippen LogP contribution in [0, 0.1) is 13.8 Å². The number of aromatic nitrogens is 3. The van der Waals surface area contributed by atoms with E-state index in [1.807, 2.05) is 54.4 Å². The van der Waals surface area contributed by atoms with Crippen molar-refractivity contribution >= 4 is 29.0 Å². The van der Waals surface area contributed by atoms with E-state index in [1.165, 1.54) is 12.8 Å². The van der Waals surface area contributed by atoms with Gasteiger partial charge in [0.05, 0.1) is 5.69 Å². The van der Waals surface area contributed by atoms with Crippen molar-refractivity contribution in [2.75, 3.05) is 5.75 Å². The molecule has 23 heavy (non-hydrogen) atoms. The molecular formula is C18H20ClN3S. The summed E-state index contributed by atoms with van der Waals surface area (Å²) in [6, 6.07) is 9.99. The summed E-state index contributed by atoms with van der Waals surface area (Å²) >= 11 is 7.86. The molecule has 0 radical (unpaired) electrons. The lowest BCUT2D eigenvalue weighted by Gasteiger charge is -2.06. The molecule has 0 saturated carbocycles. The van der Waals surface area contributed by atoms with E-state index in [-0.39, 0.29) is 0 Å². The van der Waals surface area contributed by atoms with E-state index in [0.717, 1.165) is 44.0 Å². The highest BCUT2D eigenvalue weighted by atomic mass is 35.5. The molecule has 2 aromatic heterocycles. The summed E-state index contributed by atoms with van der Waals surface area (Å²) in [5, 5.41) is 6.63. The zero-order valence-corrected chi connectivity index (χ0v) is 15.2. The number of fused-ring (bicyclic) bond motifs is 1. The average Bonchev–Trinajstić information content (AvgIpc) is 2.85. The molecular weight excluding hydrogens is 326 g/mol. The number of hydrogen-bond acceptors (Lipinski definition) is 3. The Labute approximate surface area is 146 Å². The van der Waals surface area contributed by atoms with Crippen LogP contribution < -0.4 is 0 Å². The van der Waals surface area contributed by atoms with Crippen LogP contribution in [0.5, 0.6) is 0 Å². The van der Waals surface area contributed by atoms with Gasteiger partial charge in [-0.15, -0.1) is 11.8 Å². The van der Waals surface area contributed by atoms with Crippen molar-refractivity contribution < 1.29 is 0 Å². The lowest BCUT2D eigenvalue weighted by Crippen LogP contribution is -1.98. The second kappa shape index (κ2) is 6.93. The van der Waals surface area contributed by atoms with Crippen LogP contribution in [0.4, 0.5) is 0 Å². The summed E-state index contributed by atoms with van der Waals surface area (Å²) in [6.45, 7) is 6.29. The van der Waals surface area contributed by atoms with Gasteiger partial charge in [0, 0.05) is 16.3 Å².